The van der Waals surface area contributed by atoms with Crippen LogP contribution >= 0.6 is 0 Å². The van der Waals surface area contributed by atoms with Crippen molar-refractivity contribution in [1.82, 2.24) is 29.3 Å². The second kappa shape index (κ2) is 12.9. The number of carbonyl (C=O) groups is 1. The molecule has 0 atom stereocenters. The van der Waals surface area contributed by atoms with E-state index in [0.717, 1.165) is 43.6 Å². The first kappa shape index (κ1) is 27.6. The highest BCUT2D eigenvalue weighted by molar-refractivity contribution is 5.81. The van der Waals surface area contributed by atoms with Gasteiger partial charge in [0.15, 0.2) is 11.5 Å². The van der Waals surface area contributed by atoms with E-state index >= 15 is 0 Å². The molecule has 0 bridgehead atoms. The van der Waals surface area contributed by atoms with Crippen molar-refractivity contribution in [2.24, 2.45) is 0 Å². The van der Waals surface area contributed by atoms with Gasteiger partial charge in [0.05, 0.1) is 13.0 Å². The van der Waals surface area contributed by atoms with Crippen LogP contribution in [-0.2, 0) is 29.0 Å². The molecule has 0 amide bonds. The molecule has 206 valence electrons. The minimum atomic E-state index is -0.839. The summed E-state index contributed by atoms with van der Waals surface area (Å²) in [4.78, 5) is 40.3. The maximum absolute atomic E-state index is 12.8. The molecule has 0 aliphatic carbocycles. The molecule has 1 saturated heterocycles. The van der Waals surface area contributed by atoms with E-state index in [1.165, 1.54) is 0 Å². The number of nitrogens with zero attached hydrogens (tertiary/aromatic N) is 5. The van der Waals surface area contributed by atoms with E-state index in [9.17, 15) is 14.7 Å². The van der Waals surface area contributed by atoms with E-state index in [0.29, 0.717) is 43.3 Å². The Bertz CT molecular complexity index is 1280. The number of nitrogen functional groups attached to an aromatic ring is 1. The number of carboxylic acids is 1. The summed E-state index contributed by atoms with van der Waals surface area (Å²) < 4.78 is 12.1. The van der Waals surface area contributed by atoms with Crippen molar-refractivity contribution in [3.63, 3.8) is 0 Å². The second-order valence-electron chi connectivity index (χ2n) is 9.71. The summed E-state index contributed by atoms with van der Waals surface area (Å²) in [5.74, 6) is -0.685. The molecule has 0 radical (unpaired) electrons. The van der Waals surface area contributed by atoms with Crippen molar-refractivity contribution < 1.29 is 19.4 Å². The van der Waals surface area contributed by atoms with Crippen LogP contribution in [0.2, 0.25) is 0 Å². The molecule has 4 rings (SSSR count). The molecule has 4 N–H and O–H groups in total. The highest BCUT2D eigenvalue weighted by atomic mass is 16.5. The third-order valence-corrected chi connectivity index (χ3v) is 7.01. The Morgan fingerprint density at radius 1 is 1.21 bits per heavy atom. The number of hydrogen-bond acceptors (Lipinski definition) is 9. The number of nitrogens with two attached hydrogens (primary N) is 1. The van der Waals surface area contributed by atoms with Crippen LogP contribution in [0.5, 0.6) is 6.01 Å². The van der Waals surface area contributed by atoms with Gasteiger partial charge in [-0.05, 0) is 50.5 Å². The number of ether oxygens (including phenoxy) is 2. The maximum atomic E-state index is 12.8. The molecule has 0 spiro atoms. The number of aromatic amines is 1. The van der Waals surface area contributed by atoms with Crippen molar-refractivity contribution in [2.75, 3.05) is 52.7 Å². The van der Waals surface area contributed by atoms with Gasteiger partial charge in [-0.25, -0.2) is 4.79 Å². The molecule has 1 fully saturated rings. The van der Waals surface area contributed by atoms with E-state index in [2.05, 4.69) is 31.8 Å². The number of anilines is 1. The van der Waals surface area contributed by atoms with Gasteiger partial charge in [-0.1, -0.05) is 24.3 Å². The van der Waals surface area contributed by atoms with E-state index in [4.69, 9.17) is 15.2 Å². The van der Waals surface area contributed by atoms with Gasteiger partial charge in [-0.2, -0.15) is 9.97 Å². The Balaban J connectivity index is 1.51. The molecule has 1 aliphatic rings. The van der Waals surface area contributed by atoms with Crippen molar-refractivity contribution in [2.45, 2.75) is 44.8 Å². The van der Waals surface area contributed by atoms with Crippen LogP contribution in [0.4, 0.5) is 5.82 Å². The fourth-order valence-corrected chi connectivity index (χ4v) is 4.97. The number of carboxylic acid groups (broad SMARTS) is 1. The number of likely N-dealkylation sites (tertiary alicyclic amines) is 1. The number of hydrogen-bond donors (Lipinski definition) is 3. The van der Waals surface area contributed by atoms with Crippen LogP contribution in [-0.4, -0.2) is 93.4 Å². The molecule has 38 heavy (non-hydrogen) atoms. The Hall–Kier alpha value is -3.48. The van der Waals surface area contributed by atoms with Crippen molar-refractivity contribution in [3.05, 3.63) is 45.9 Å². The Morgan fingerprint density at radius 3 is 2.66 bits per heavy atom. The van der Waals surface area contributed by atoms with Gasteiger partial charge >= 0.3 is 17.7 Å². The third kappa shape index (κ3) is 6.88. The summed E-state index contributed by atoms with van der Waals surface area (Å²) in [6.07, 6.45) is 2.77. The molecular weight excluding hydrogens is 490 g/mol. The lowest BCUT2D eigenvalue weighted by molar-refractivity contribution is -0.136. The number of methoxy groups -OCH3 is 1. The SMILES string of the molecule is COCCOc1nc(N)c2[nH]c(=O)n(CCCN(Cc3ccccc3CC(=O)O)C3CCN(C)CC3)c2n1. The molecule has 3 heterocycles. The fourth-order valence-electron chi connectivity index (χ4n) is 4.97. The predicted molar refractivity (Wildman–Crippen MR) is 143 cm³/mol. The van der Waals surface area contributed by atoms with Gasteiger partial charge in [-0.15, -0.1) is 0 Å². The first-order valence-corrected chi connectivity index (χ1v) is 12.9. The van der Waals surface area contributed by atoms with Gasteiger partial charge < -0.3 is 30.2 Å². The molecule has 2 aromatic heterocycles. The second-order valence-corrected chi connectivity index (χ2v) is 9.71. The zero-order valence-electron chi connectivity index (χ0n) is 22.1. The topological polar surface area (TPSA) is 152 Å². The summed E-state index contributed by atoms with van der Waals surface area (Å²) in [5, 5.41) is 9.37. The Morgan fingerprint density at radius 2 is 1.95 bits per heavy atom. The van der Waals surface area contributed by atoms with Crippen molar-refractivity contribution in [3.8, 4) is 6.01 Å². The molecule has 1 aromatic carbocycles. The summed E-state index contributed by atoms with van der Waals surface area (Å²) in [5.41, 5.74) is 8.42. The van der Waals surface area contributed by atoms with Crippen LogP contribution in [0.15, 0.2) is 29.1 Å². The van der Waals surface area contributed by atoms with Crippen LogP contribution in [0, 0.1) is 0 Å². The normalized spacial score (nSPS) is 14.9. The molecule has 0 unspecified atom stereocenters. The molecule has 12 heteroatoms. The van der Waals surface area contributed by atoms with E-state index in [1.54, 1.807) is 11.7 Å². The maximum Gasteiger partial charge on any atom is 0.327 e. The van der Waals surface area contributed by atoms with Crippen molar-refractivity contribution >= 4 is 23.0 Å². The summed E-state index contributed by atoms with van der Waals surface area (Å²) in [6.45, 7) is 4.52. The molecule has 3 aromatic rings. The lowest BCUT2D eigenvalue weighted by Gasteiger charge is -2.37. The Kier molecular flexibility index (Phi) is 9.32. The average Bonchev–Trinajstić information content (AvgIpc) is 3.20. The van der Waals surface area contributed by atoms with Crippen LogP contribution in [0.1, 0.15) is 30.4 Å². The number of H-pyrrole nitrogens is 1. The quantitative estimate of drug-likeness (QED) is 0.278. The largest absolute Gasteiger partial charge is 0.481 e. The summed E-state index contributed by atoms with van der Waals surface area (Å²) in [7, 11) is 3.71. The number of fused-ring (bicyclic) bond motifs is 1. The number of aliphatic carboxylic acids is 1. The minimum Gasteiger partial charge on any atom is -0.481 e. The van der Waals surface area contributed by atoms with E-state index in [-0.39, 0.29) is 30.5 Å². The van der Waals surface area contributed by atoms with Gasteiger partial charge in [0.25, 0.3) is 0 Å². The highest BCUT2D eigenvalue weighted by Crippen LogP contribution is 2.22. The van der Waals surface area contributed by atoms with E-state index in [1.807, 2.05) is 24.3 Å². The van der Waals surface area contributed by atoms with Gasteiger partial charge in [0, 0.05) is 32.8 Å². The van der Waals surface area contributed by atoms with Crippen molar-refractivity contribution in [1.29, 1.82) is 0 Å². The lowest BCUT2D eigenvalue weighted by Crippen LogP contribution is -2.44. The predicted octanol–water partition coefficient (Wildman–Crippen LogP) is 1.34. The van der Waals surface area contributed by atoms with Crippen LogP contribution in [0.25, 0.3) is 11.2 Å². The smallest absolute Gasteiger partial charge is 0.327 e. The molecule has 0 saturated carbocycles. The van der Waals surface area contributed by atoms with Gasteiger partial charge in [0.2, 0.25) is 0 Å². The first-order valence-electron chi connectivity index (χ1n) is 12.9. The number of imidazole rings is 1. The average molecular weight is 528 g/mol. The number of aryl methyl sites for hydroxylation is 1. The number of benzene rings is 1. The number of nitrogens with one attached hydrogen (secondary N) is 1. The number of rotatable bonds is 13. The first-order chi connectivity index (χ1) is 18.4. The molecule has 1 aliphatic heterocycles. The molecule has 12 nitrogen and oxygen atoms in total. The monoisotopic (exact) mass is 527 g/mol. The zero-order valence-corrected chi connectivity index (χ0v) is 22.1. The Labute approximate surface area is 221 Å². The number of aromatic nitrogens is 4. The molecular formula is C26H37N7O5. The van der Waals surface area contributed by atoms with Gasteiger partial charge in [-0.3, -0.25) is 14.3 Å². The summed E-state index contributed by atoms with van der Waals surface area (Å²) >= 11 is 0. The standard InChI is InChI=1S/C26H37N7O5/c1-31-12-8-20(9-13-31)32(17-19-7-4-3-6-18(19)16-21(34)35)10-5-11-33-24-22(28-26(33)36)23(27)29-25(30-24)38-15-14-37-2/h3-4,6-7,20H,5,8-17H2,1-2H3,(H,28,36)(H,34,35)(H2,27,29,30). The number of piperidine rings is 1. The van der Waals surface area contributed by atoms with E-state index < -0.39 is 5.97 Å². The zero-order chi connectivity index (χ0) is 27.1. The third-order valence-electron chi connectivity index (χ3n) is 7.01. The highest BCUT2D eigenvalue weighted by Gasteiger charge is 2.24. The fraction of sp³-hybridized carbons (Fsp3) is 0.538. The lowest BCUT2D eigenvalue weighted by atomic mass is 9.99. The van der Waals surface area contributed by atoms with Crippen LogP contribution < -0.4 is 16.2 Å². The summed E-state index contributed by atoms with van der Waals surface area (Å²) in [6, 6.07) is 8.21. The van der Waals surface area contributed by atoms with Gasteiger partial charge in [0.1, 0.15) is 12.1 Å². The van der Waals surface area contributed by atoms with Crippen LogP contribution in [0.3, 0.4) is 0 Å². The minimum absolute atomic E-state index is 0.00192.